The van der Waals surface area contributed by atoms with Crippen LogP contribution in [0.15, 0.2) is 54.7 Å². The zero-order valence-electron chi connectivity index (χ0n) is 11.6. The van der Waals surface area contributed by atoms with Crippen molar-refractivity contribution in [2.75, 3.05) is 0 Å². The molecule has 3 aromatic rings. The van der Waals surface area contributed by atoms with Crippen molar-refractivity contribution in [3.63, 3.8) is 0 Å². The van der Waals surface area contributed by atoms with Crippen LogP contribution in [-0.4, -0.2) is 4.57 Å². The Hall–Kier alpha value is -2.02. The molecule has 0 saturated heterocycles. The first-order valence-electron chi connectivity index (χ1n) is 7.00. The lowest BCUT2D eigenvalue weighted by Crippen LogP contribution is -1.91. The van der Waals surface area contributed by atoms with Crippen molar-refractivity contribution in [3.05, 3.63) is 60.3 Å². The Morgan fingerprint density at radius 1 is 0.895 bits per heavy atom. The van der Waals surface area contributed by atoms with E-state index in [-0.39, 0.29) is 0 Å². The van der Waals surface area contributed by atoms with E-state index in [0.29, 0.717) is 0 Å². The minimum Gasteiger partial charge on any atom is -0.348 e. The highest BCUT2D eigenvalue weighted by Gasteiger charge is 2.03. The van der Waals surface area contributed by atoms with E-state index in [1.807, 2.05) is 0 Å². The molecule has 0 aliphatic carbocycles. The third-order valence-corrected chi connectivity index (χ3v) is 3.78. The smallest absolute Gasteiger partial charge is 0.0486 e. The molecule has 96 valence electrons. The summed E-state index contributed by atoms with van der Waals surface area (Å²) in [5.41, 5.74) is 5.33. The summed E-state index contributed by atoms with van der Waals surface area (Å²) in [6, 6.07) is 17.7. The number of hydrogen-bond acceptors (Lipinski definition) is 0. The zero-order chi connectivity index (χ0) is 13.2. The Morgan fingerprint density at radius 2 is 1.74 bits per heavy atom. The summed E-state index contributed by atoms with van der Waals surface area (Å²) in [5, 5.41) is 1.32. The van der Waals surface area contributed by atoms with Crippen molar-refractivity contribution in [2.24, 2.45) is 0 Å². The quantitative estimate of drug-likeness (QED) is 0.622. The van der Waals surface area contributed by atoms with Gasteiger partial charge >= 0.3 is 0 Å². The Kier molecular flexibility index (Phi) is 3.12. The van der Waals surface area contributed by atoms with E-state index in [4.69, 9.17) is 0 Å². The molecule has 0 atom stereocenters. The van der Waals surface area contributed by atoms with Gasteiger partial charge in [0.1, 0.15) is 0 Å². The van der Waals surface area contributed by atoms with Crippen molar-refractivity contribution in [2.45, 2.75) is 26.8 Å². The molecule has 2 aromatic carbocycles. The van der Waals surface area contributed by atoms with E-state index in [9.17, 15) is 0 Å². The van der Waals surface area contributed by atoms with Crippen LogP contribution in [0.25, 0.3) is 22.0 Å². The number of aryl methyl sites for hydroxylation is 2. The molecule has 0 N–H and O–H groups in total. The molecule has 1 heterocycles. The molecule has 0 spiro atoms. The topological polar surface area (TPSA) is 4.93 Å². The molecule has 1 nitrogen and oxygen atoms in total. The summed E-state index contributed by atoms with van der Waals surface area (Å²) in [4.78, 5) is 0. The standard InChI is InChI=1S/C18H19N/c1-3-14-6-5-7-16(12-14)17-9-8-15-10-11-19(4-2)18(15)13-17/h5-13H,3-4H2,1-2H3. The zero-order valence-corrected chi connectivity index (χ0v) is 11.6. The van der Waals surface area contributed by atoms with E-state index >= 15 is 0 Å². The van der Waals surface area contributed by atoms with Crippen molar-refractivity contribution in [3.8, 4) is 11.1 Å². The molecule has 0 amide bonds. The predicted molar refractivity (Wildman–Crippen MR) is 82.4 cm³/mol. The monoisotopic (exact) mass is 249 g/mol. The second-order valence-corrected chi connectivity index (χ2v) is 4.93. The molecule has 0 aliphatic heterocycles. The van der Waals surface area contributed by atoms with Gasteiger partial charge in [0.25, 0.3) is 0 Å². The largest absolute Gasteiger partial charge is 0.348 e. The molecular weight excluding hydrogens is 230 g/mol. The highest BCUT2D eigenvalue weighted by atomic mass is 14.9. The van der Waals surface area contributed by atoms with E-state index < -0.39 is 0 Å². The SMILES string of the molecule is CCc1cccc(-c2ccc3ccn(CC)c3c2)c1. The molecule has 0 unspecified atom stereocenters. The van der Waals surface area contributed by atoms with Crippen molar-refractivity contribution in [1.29, 1.82) is 0 Å². The molecule has 0 radical (unpaired) electrons. The number of hydrogen-bond donors (Lipinski definition) is 0. The molecule has 0 aliphatic rings. The van der Waals surface area contributed by atoms with Crippen LogP contribution < -0.4 is 0 Å². The molecule has 0 fully saturated rings. The van der Waals surface area contributed by atoms with Crippen molar-refractivity contribution < 1.29 is 0 Å². The average molecular weight is 249 g/mol. The number of rotatable bonds is 3. The molecule has 0 bridgehead atoms. The van der Waals surface area contributed by atoms with Gasteiger partial charge in [-0.1, -0.05) is 43.3 Å². The Labute approximate surface area is 114 Å². The van der Waals surface area contributed by atoms with Crippen LogP contribution in [0.3, 0.4) is 0 Å². The first kappa shape index (κ1) is 12.0. The van der Waals surface area contributed by atoms with Gasteiger partial charge in [0.15, 0.2) is 0 Å². The summed E-state index contributed by atoms with van der Waals surface area (Å²) in [7, 11) is 0. The van der Waals surface area contributed by atoms with Gasteiger partial charge in [0.2, 0.25) is 0 Å². The lowest BCUT2D eigenvalue weighted by molar-refractivity contribution is 0.798. The second kappa shape index (κ2) is 4.93. The number of nitrogens with zero attached hydrogens (tertiary/aromatic N) is 1. The Balaban J connectivity index is 2.13. The summed E-state index contributed by atoms with van der Waals surface area (Å²) < 4.78 is 2.29. The van der Waals surface area contributed by atoms with Crippen molar-refractivity contribution in [1.82, 2.24) is 4.57 Å². The average Bonchev–Trinajstić information content (AvgIpc) is 2.89. The minimum absolute atomic E-state index is 1.02. The molecular formula is C18H19N. The highest BCUT2D eigenvalue weighted by Crippen LogP contribution is 2.26. The molecule has 19 heavy (non-hydrogen) atoms. The first-order valence-corrected chi connectivity index (χ1v) is 7.00. The minimum atomic E-state index is 1.02. The van der Waals surface area contributed by atoms with Crippen LogP contribution in [-0.2, 0) is 13.0 Å². The van der Waals surface area contributed by atoms with E-state index in [1.165, 1.54) is 27.6 Å². The summed E-state index contributed by atoms with van der Waals surface area (Å²) >= 11 is 0. The lowest BCUT2D eigenvalue weighted by Gasteiger charge is -2.06. The van der Waals surface area contributed by atoms with Crippen LogP contribution in [0.4, 0.5) is 0 Å². The van der Waals surface area contributed by atoms with Gasteiger partial charge in [-0.2, -0.15) is 0 Å². The Morgan fingerprint density at radius 3 is 2.53 bits per heavy atom. The van der Waals surface area contributed by atoms with Gasteiger partial charge in [0, 0.05) is 18.3 Å². The van der Waals surface area contributed by atoms with Gasteiger partial charge in [-0.05, 0) is 47.6 Å². The fourth-order valence-electron chi connectivity index (χ4n) is 2.61. The van der Waals surface area contributed by atoms with Gasteiger partial charge in [-0.25, -0.2) is 0 Å². The number of fused-ring (bicyclic) bond motifs is 1. The van der Waals surface area contributed by atoms with Crippen molar-refractivity contribution >= 4 is 10.9 Å². The fourth-order valence-corrected chi connectivity index (χ4v) is 2.61. The summed E-state index contributed by atoms with van der Waals surface area (Å²) in [6.07, 6.45) is 3.25. The number of benzene rings is 2. The maximum Gasteiger partial charge on any atom is 0.0486 e. The maximum atomic E-state index is 2.30. The summed E-state index contributed by atoms with van der Waals surface area (Å²) in [6.45, 7) is 5.40. The van der Waals surface area contributed by atoms with Crippen LogP contribution in [0.2, 0.25) is 0 Å². The van der Waals surface area contributed by atoms with Gasteiger partial charge in [-0.15, -0.1) is 0 Å². The van der Waals surface area contributed by atoms with Crippen LogP contribution in [0.5, 0.6) is 0 Å². The molecule has 0 saturated carbocycles. The van der Waals surface area contributed by atoms with E-state index in [0.717, 1.165) is 13.0 Å². The molecule has 1 heteroatoms. The first-order chi connectivity index (χ1) is 9.31. The normalized spacial score (nSPS) is 11.1. The third kappa shape index (κ3) is 2.17. The summed E-state index contributed by atoms with van der Waals surface area (Å²) in [5.74, 6) is 0. The van der Waals surface area contributed by atoms with E-state index in [1.54, 1.807) is 0 Å². The highest BCUT2D eigenvalue weighted by molar-refractivity contribution is 5.85. The molecule has 1 aromatic heterocycles. The van der Waals surface area contributed by atoms with Gasteiger partial charge in [0.05, 0.1) is 0 Å². The predicted octanol–water partition coefficient (Wildman–Crippen LogP) is 4.89. The third-order valence-electron chi connectivity index (χ3n) is 3.78. The van der Waals surface area contributed by atoms with Gasteiger partial charge < -0.3 is 4.57 Å². The number of aromatic nitrogens is 1. The lowest BCUT2D eigenvalue weighted by atomic mass is 10.0. The maximum absolute atomic E-state index is 2.30. The van der Waals surface area contributed by atoms with Crippen LogP contribution in [0.1, 0.15) is 19.4 Å². The van der Waals surface area contributed by atoms with Crippen LogP contribution >= 0.6 is 0 Å². The Bertz CT molecular complexity index is 707. The second-order valence-electron chi connectivity index (χ2n) is 4.93. The molecule has 3 rings (SSSR count). The van der Waals surface area contributed by atoms with E-state index in [2.05, 4.69) is 73.1 Å². The fraction of sp³-hybridized carbons (Fsp3) is 0.222. The van der Waals surface area contributed by atoms with Gasteiger partial charge in [-0.3, -0.25) is 0 Å². The van der Waals surface area contributed by atoms with Crippen LogP contribution in [0, 0.1) is 0 Å².